The Morgan fingerprint density at radius 1 is 1.47 bits per heavy atom. The van der Waals surface area contributed by atoms with Crippen molar-refractivity contribution < 1.29 is 9.90 Å². The molecule has 0 saturated carbocycles. The van der Waals surface area contributed by atoms with Gasteiger partial charge in [0.25, 0.3) is 5.56 Å². The molecular formula is C13H14N2O3S. The Morgan fingerprint density at radius 2 is 2.21 bits per heavy atom. The molecule has 2 aromatic heterocycles. The van der Waals surface area contributed by atoms with Crippen LogP contribution in [0.1, 0.15) is 26.6 Å². The molecule has 19 heavy (non-hydrogen) atoms. The second kappa shape index (κ2) is 5.36. The van der Waals surface area contributed by atoms with Crippen LogP contribution in [-0.2, 0) is 13.0 Å². The Labute approximate surface area is 114 Å². The standard InChI is InChI=1S/C13H14N2O3S/c1-8-7-11(16)15(9(2)12(8)13(17)18)5-3-10-14-4-6-19-10/h4,6-7H,3,5H2,1-2H3,(H,17,18). The van der Waals surface area contributed by atoms with E-state index < -0.39 is 5.97 Å². The third-order valence-electron chi connectivity index (χ3n) is 3.01. The van der Waals surface area contributed by atoms with Crippen LogP contribution in [0, 0.1) is 13.8 Å². The van der Waals surface area contributed by atoms with Gasteiger partial charge in [0.05, 0.1) is 10.6 Å². The maximum atomic E-state index is 11.9. The summed E-state index contributed by atoms with van der Waals surface area (Å²) < 4.78 is 1.50. The minimum atomic E-state index is -1.00. The highest BCUT2D eigenvalue weighted by Crippen LogP contribution is 2.12. The molecule has 0 spiro atoms. The van der Waals surface area contributed by atoms with E-state index in [1.165, 1.54) is 22.0 Å². The Balaban J connectivity index is 2.37. The molecular weight excluding hydrogens is 264 g/mol. The number of hydrogen-bond donors (Lipinski definition) is 1. The largest absolute Gasteiger partial charge is 0.478 e. The number of aryl methyl sites for hydroxylation is 2. The number of nitrogens with zero attached hydrogens (tertiary/aromatic N) is 2. The average Bonchev–Trinajstić information content (AvgIpc) is 2.80. The van der Waals surface area contributed by atoms with Gasteiger partial charge in [-0.2, -0.15) is 0 Å². The van der Waals surface area contributed by atoms with E-state index in [0.717, 1.165) is 5.01 Å². The lowest BCUT2D eigenvalue weighted by atomic mass is 10.1. The number of pyridine rings is 1. The molecule has 0 saturated heterocycles. The van der Waals surface area contributed by atoms with Crippen molar-refractivity contribution in [3.63, 3.8) is 0 Å². The molecule has 0 radical (unpaired) electrons. The zero-order chi connectivity index (χ0) is 14.0. The molecule has 100 valence electrons. The van der Waals surface area contributed by atoms with Gasteiger partial charge in [0.1, 0.15) is 0 Å². The van der Waals surface area contributed by atoms with Crippen LogP contribution in [0.4, 0.5) is 0 Å². The van der Waals surface area contributed by atoms with Crippen molar-refractivity contribution in [2.45, 2.75) is 26.8 Å². The van der Waals surface area contributed by atoms with Gasteiger partial charge in [-0.15, -0.1) is 11.3 Å². The Kier molecular flexibility index (Phi) is 3.80. The third-order valence-corrected chi connectivity index (χ3v) is 3.85. The van der Waals surface area contributed by atoms with E-state index in [1.807, 2.05) is 5.38 Å². The molecule has 0 aliphatic rings. The number of carboxylic acids is 1. The second-order valence-corrected chi connectivity index (χ2v) is 5.24. The highest BCUT2D eigenvalue weighted by atomic mass is 32.1. The number of carboxylic acid groups (broad SMARTS) is 1. The topological polar surface area (TPSA) is 72.2 Å². The van der Waals surface area contributed by atoms with Crippen molar-refractivity contribution in [2.24, 2.45) is 0 Å². The fourth-order valence-electron chi connectivity index (χ4n) is 2.11. The molecule has 2 heterocycles. The first-order chi connectivity index (χ1) is 9.00. The van der Waals surface area contributed by atoms with Crippen molar-refractivity contribution in [3.8, 4) is 0 Å². The van der Waals surface area contributed by atoms with Crippen LogP contribution in [0.5, 0.6) is 0 Å². The van der Waals surface area contributed by atoms with E-state index in [4.69, 9.17) is 0 Å². The zero-order valence-corrected chi connectivity index (χ0v) is 11.5. The summed E-state index contributed by atoms with van der Waals surface area (Å²) in [5.74, 6) is -1.00. The van der Waals surface area contributed by atoms with Crippen LogP contribution in [0.25, 0.3) is 0 Å². The number of aromatic carboxylic acids is 1. The summed E-state index contributed by atoms with van der Waals surface area (Å²) in [4.78, 5) is 27.3. The average molecular weight is 278 g/mol. The van der Waals surface area contributed by atoms with E-state index in [0.29, 0.717) is 24.2 Å². The number of aromatic nitrogens is 2. The quantitative estimate of drug-likeness (QED) is 0.926. The van der Waals surface area contributed by atoms with Crippen molar-refractivity contribution in [2.75, 3.05) is 0 Å². The number of carbonyl (C=O) groups is 1. The molecule has 0 unspecified atom stereocenters. The van der Waals surface area contributed by atoms with Crippen molar-refractivity contribution >= 4 is 17.3 Å². The fourth-order valence-corrected chi connectivity index (χ4v) is 2.72. The van der Waals surface area contributed by atoms with Crippen molar-refractivity contribution in [1.29, 1.82) is 0 Å². The van der Waals surface area contributed by atoms with Crippen LogP contribution in [0.2, 0.25) is 0 Å². The van der Waals surface area contributed by atoms with Crippen molar-refractivity contribution in [3.05, 3.63) is 49.8 Å². The monoisotopic (exact) mass is 278 g/mol. The lowest BCUT2D eigenvalue weighted by molar-refractivity contribution is 0.0694. The summed E-state index contributed by atoms with van der Waals surface area (Å²) >= 11 is 1.52. The molecule has 0 bridgehead atoms. The first-order valence-electron chi connectivity index (χ1n) is 5.83. The Morgan fingerprint density at radius 3 is 2.79 bits per heavy atom. The second-order valence-electron chi connectivity index (χ2n) is 4.26. The van der Waals surface area contributed by atoms with Crippen LogP contribution in [0.3, 0.4) is 0 Å². The molecule has 1 N–H and O–H groups in total. The predicted molar refractivity (Wildman–Crippen MR) is 73.0 cm³/mol. The molecule has 0 aliphatic carbocycles. The summed E-state index contributed by atoms with van der Waals surface area (Å²) in [5, 5.41) is 12.0. The van der Waals surface area contributed by atoms with E-state index >= 15 is 0 Å². The molecule has 0 amide bonds. The zero-order valence-electron chi connectivity index (χ0n) is 10.7. The van der Waals surface area contributed by atoms with Crippen LogP contribution in [-0.4, -0.2) is 20.6 Å². The first-order valence-corrected chi connectivity index (χ1v) is 6.71. The molecule has 2 aromatic rings. The van der Waals surface area contributed by atoms with E-state index in [-0.39, 0.29) is 11.1 Å². The normalized spacial score (nSPS) is 10.6. The molecule has 0 aliphatic heterocycles. The van der Waals surface area contributed by atoms with Gasteiger partial charge in [0.15, 0.2) is 0 Å². The smallest absolute Gasteiger partial charge is 0.337 e. The maximum Gasteiger partial charge on any atom is 0.337 e. The number of thiazole rings is 1. The molecule has 0 aromatic carbocycles. The maximum absolute atomic E-state index is 11.9. The Hall–Kier alpha value is -1.95. The summed E-state index contributed by atoms with van der Waals surface area (Å²) in [7, 11) is 0. The van der Waals surface area contributed by atoms with Crippen molar-refractivity contribution in [1.82, 2.24) is 9.55 Å². The van der Waals surface area contributed by atoms with Gasteiger partial charge in [-0.05, 0) is 19.4 Å². The minimum absolute atomic E-state index is 0.170. The minimum Gasteiger partial charge on any atom is -0.478 e. The fraction of sp³-hybridized carbons (Fsp3) is 0.308. The van der Waals surface area contributed by atoms with Crippen LogP contribution in [0.15, 0.2) is 22.4 Å². The summed E-state index contributed by atoms with van der Waals surface area (Å²) in [6, 6.07) is 1.37. The van der Waals surface area contributed by atoms with Gasteiger partial charge in [-0.25, -0.2) is 9.78 Å². The van der Waals surface area contributed by atoms with E-state index in [1.54, 1.807) is 20.0 Å². The molecule has 5 nitrogen and oxygen atoms in total. The predicted octanol–water partition coefficient (Wildman–Crippen LogP) is 1.86. The van der Waals surface area contributed by atoms with Gasteiger partial charge < -0.3 is 9.67 Å². The first kappa shape index (κ1) is 13.5. The lowest BCUT2D eigenvalue weighted by Crippen LogP contribution is -2.26. The third kappa shape index (κ3) is 2.73. The SMILES string of the molecule is Cc1cc(=O)n(CCc2nccs2)c(C)c1C(=O)O. The molecule has 6 heteroatoms. The van der Waals surface area contributed by atoms with Gasteiger partial charge in [-0.1, -0.05) is 0 Å². The van der Waals surface area contributed by atoms with E-state index in [9.17, 15) is 14.7 Å². The lowest BCUT2D eigenvalue weighted by Gasteiger charge is -2.13. The van der Waals surface area contributed by atoms with Gasteiger partial charge in [-0.3, -0.25) is 4.79 Å². The highest BCUT2D eigenvalue weighted by Gasteiger charge is 2.15. The summed E-state index contributed by atoms with van der Waals surface area (Å²) in [6.45, 7) is 3.75. The van der Waals surface area contributed by atoms with Crippen LogP contribution >= 0.6 is 11.3 Å². The van der Waals surface area contributed by atoms with Crippen LogP contribution < -0.4 is 5.56 Å². The van der Waals surface area contributed by atoms with Gasteiger partial charge in [0, 0.05) is 36.3 Å². The molecule has 2 rings (SSSR count). The van der Waals surface area contributed by atoms with E-state index in [2.05, 4.69) is 4.98 Å². The molecule has 0 fully saturated rings. The molecule has 0 atom stereocenters. The number of hydrogen-bond acceptors (Lipinski definition) is 4. The van der Waals surface area contributed by atoms with Gasteiger partial charge >= 0.3 is 5.97 Å². The van der Waals surface area contributed by atoms with Gasteiger partial charge in [0.2, 0.25) is 0 Å². The number of rotatable bonds is 4. The Bertz CT molecular complexity index is 659. The highest BCUT2D eigenvalue weighted by molar-refractivity contribution is 7.09. The summed E-state index contributed by atoms with van der Waals surface area (Å²) in [5.41, 5.74) is 1.03. The summed E-state index contributed by atoms with van der Waals surface area (Å²) in [6.07, 6.45) is 2.34.